The number of hydrogen-bond donors (Lipinski definition) is 1. The monoisotopic (exact) mass is 306 g/mol. The fraction of sp³-hybridized carbons (Fsp3) is 0.154. The first-order valence-electron chi connectivity index (χ1n) is 5.60. The number of carbonyl (C=O) groups excluding carboxylic acids is 2. The Morgan fingerprint density at radius 3 is 2.85 bits per heavy atom. The Morgan fingerprint density at radius 2 is 2.25 bits per heavy atom. The minimum Gasteiger partial charge on any atom is -0.447 e. The van der Waals surface area contributed by atoms with Crippen molar-refractivity contribution in [3.05, 3.63) is 28.5 Å². The first-order valence-corrected chi connectivity index (χ1v) is 7.36. The molecule has 2 rings (SSSR count). The highest BCUT2D eigenvalue weighted by atomic mass is 32.1. The van der Waals surface area contributed by atoms with E-state index in [2.05, 4.69) is 5.32 Å². The van der Waals surface area contributed by atoms with Crippen LogP contribution in [0.25, 0.3) is 10.4 Å². The Hall–Kier alpha value is -2.17. The summed E-state index contributed by atoms with van der Waals surface area (Å²) in [5, 5.41) is 15.2. The summed E-state index contributed by atoms with van der Waals surface area (Å²) in [5.41, 5.74) is 1.000. The molecule has 0 unspecified atom stereocenters. The van der Waals surface area contributed by atoms with Gasteiger partial charge in [0.15, 0.2) is 6.61 Å². The van der Waals surface area contributed by atoms with E-state index in [4.69, 9.17) is 10.00 Å². The standard InChI is InChI=1S/C13H10N2O3S2/c1-8(16)15-12-11(13(17)18-5-4-14)9(7-20-12)10-3-2-6-19-10/h2-3,6-7H,5H2,1H3,(H,15,16). The van der Waals surface area contributed by atoms with Crippen LogP contribution in [0.3, 0.4) is 0 Å². The number of hydrogen-bond acceptors (Lipinski definition) is 6. The number of amides is 1. The summed E-state index contributed by atoms with van der Waals surface area (Å²) >= 11 is 2.74. The number of thiophene rings is 2. The Morgan fingerprint density at radius 1 is 1.45 bits per heavy atom. The van der Waals surface area contributed by atoms with E-state index in [1.54, 1.807) is 11.4 Å². The molecule has 20 heavy (non-hydrogen) atoms. The molecule has 5 nitrogen and oxygen atoms in total. The van der Waals surface area contributed by atoms with Crippen molar-refractivity contribution in [2.24, 2.45) is 0 Å². The molecule has 2 aromatic heterocycles. The zero-order chi connectivity index (χ0) is 14.5. The Labute approximate surface area is 123 Å². The van der Waals surface area contributed by atoms with Gasteiger partial charge in [0.1, 0.15) is 16.6 Å². The lowest BCUT2D eigenvalue weighted by Crippen LogP contribution is -2.11. The van der Waals surface area contributed by atoms with Gasteiger partial charge in [0.2, 0.25) is 5.91 Å². The fourth-order valence-corrected chi connectivity index (χ4v) is 3.41. The molecule has 0 aliphatic heterocycles. The van der Waals surface area contributed by atoms with Crippen molar-refractivity contribution in [1.82, 2.24) is 0 Å². The van der Waals surface area contributed by atoms with E-state index < -0.39 is 5.97 Å². The molecule has 0 radical (unpaired) electrons. The van der Waals surface area contributed by atoms with Crippen LogP contribution in [-0.4, -0.2) is 18.5 Å². The predicted molar refractivity (Wildman–Crippen MR) is 77.8 cm³/mol. The predicted octanol–water partition coefficient (Wildman–Crippen LogP) is 3.12. The summed E-state index contributed by atoms with van der Waals surface area (Å²) in [5.74, 6) is -0.876. The lowest BCUT2D eigenvalue weighted by Gasteiger charge is -2.05. The number of anilines is 1. The van der Waals surface area contributed by atoms with Gasteiger partial charge in [-0.15, -0.1) is 22.7 Å². The highest BCUT2D eigenvalue weighted by molar-refractivity contribution is 7.17. The third-order valence-electron chi connectivity index (χ3n) is 2.34. The molecule has 0 aliphatic rings. The summed E-state index contributed by atoms with van der Waals surface area (Å²) in [6.07, 6.45) is 0. The normalized spacial score (nSPS) is 9.80. The van der Waals surface area contributed by atoms with Gasteiger partial charge in [-0.1, -0.05) is 6.07 Å². The van der Waals surface area contributed by atoms with Gasteiger partial charge in [0.25, 0.3) is 0 Å². The Kier molecular flexibility index (Phi) is 4.50. The van der Waals surface area contributed by atoms with Gasteiger partial charge in [-0.25, -0.2) is 4.79 Å². The molecule has 0 bridgehead atoms. The molecule has 1 N–H and O–H groups in total. The highest BCUT2D eigenvalue weighted by Crippen LogP contribution is 2.38. The van der Waals surface area contributed by atoms with Crippen LogP contribution in [-0.2, 0) is 9.53 Å². The molecule has 0 aliphatic carbocycles. The van der Waals surface area contributed by atoms with Gasteiger partial charge >= 0.3 is 5.97 Å². The first kappa shape index (κ1) is 14.2. The maximum atomic E-state index is 12.1. The molecule has 102 valence electrons. The number of nitrogens with one attached hydrogen (secondary N) is 1. The Balaban J connectivity index is 2.43. The molecular weight excluding hydrogens is 296 g/mol. The molecular formula is C13H10N2O3S2. The first-order chi connectivity index (χ1) is 9.63. The van der Waals surface area contributed by atoms with Gasteiger partial charge < -0.3 is 10.1 Å². The van der Waals surface area contributed by atoms with Gasteiger partial charge in [0, 0.05) is 22.7 Å². The van der Waals surface area contributed by atoms with Crippen molar-refractivity contribution in [1.29, 1.82) is 5.26 Å². The summed E-state index contributed by atoms with van der Waals surface area (Å²) in [4.78, 5) is 24.2. The van der Waals surface area contributed by atoms with Gasteiger partial charge in [0.05, 0.1) is 0 Å². The molecule has 0 saturated carbocycles. The summed E-state index contributed by atoms with van der Waals surface area (Å²) in [6, 6.07) is 5.51. The minimum absolute atomic E-state index is 0.265. The molecule has 0 saturated heterocycles. The van der Waals surface area contributed by atoms with E-state index >= 15 is 0 Å². The van der Waals surface area contributed by atoms with Crippen LogP contribution in [0.2, 0.25) is 0 Å². The molecule has 1 amide bonds. The highest BCUT2D eigenvalue weighted by Gasteiger charge is 2.22. The van der Waals surface area contributed by atoms with Crippen LogP contribution in [0.5, 0.6) is 0 Å². The summed E-state index contributed by atoms with van der Waals surface area (Å²) in [6.45, 7) is 1.05. The second-order valence-electron chi connectivity index (χ2n) is 3.75. The van der Waals surface area contributed by atoms with E-state index in [1.807, 2.05) is 17.5 Å². The van der Waals surface area contributed by atoms with Crippen molar-refractivity contribution >= 4 is 39.6 Å². The second-order valence-corrected chi connectivity index (χ2v) is 5.57. The van der Waals surface area contributed by atoms with Gasteiger partial charge in [-0.05, 0) is 11.4 Å². The maximum absolute atomic E-state index is 12.1. The zero-order valence-electron chi connectivity index (χ0n) is 10.5. The van der Waals surface area contributed by atoms with Crippen LogP contribution < -0.4 is 5.32 Å². The van der Waals surface area contributed by atoms with Crippen molar-refractivity contribution in [3.8, 4) is 16.5 Å². The van der Waals surface area contributed by atoms with E-state index in [-0.39, 0.29) is 12.5 Å². The summed E-state index contributed by atoms with van der Waals surface area (Å²) < 4.78 is 4.86. The average Bonchev–Trinajstić information content (AvgIpc) is 3.03. The Bertz CT molecular complexity index is 668. The van der Waals surface area contributed by atoms with Crippen molar-refractivity contribution in [2.45, 2.75) is 6.92 Å². The van der Waals surface area contributed by atoms with Gasteiger partial charge in [-0.3, -0.25) is 4.79 Å². The van der Waals surface area contributed by atoms with Crippen molar-refractivity contribution in [3.63, 3.8) is 0 Å². The third kappa shape index (κ3) is 3.04. The minimum atomic E-state index is -0.611. The number of ether oxygens (including phenoxy) is 1. The zero-order valence-corrected chi connectivity index (χ0v) is 12.1. The van der Waals surface area contributed by atoms with Crippen molar-refractivity contribution in [2.75, 3.05) is 11.9 Å². The number of nitrogens with zero attached hydrogens (tertiary/aromatic N) is 1. The molecule has 7 heteroatoms. The van der Waals surface area contributed by atoms with Crippen LogP contribution in [0.4, 0.5) is 5.00 Å². The largest absolute Gasteiger partial charge is 0.447 e. The molecule has 2 heterocycles. The number of nitriles is 1. The summed E-state index contributed by atoms with van der Waals surface area (Å²) in [7, 11) is 0. The van der Waals surface area contributed by atoms with Crippen LogP contribution in [0.15, 0.2) is 22.9 Å². The van der Waals surface area contributed by atoms with E-state index in [0.717, 1.165) is 4.88 Å². The molecule has 0 atom stereocenters. The van der Waals surface area contributed by atoms with Gasteiger partial charge in [-0.2, -0.15) is 5.26 Å². The molecule has 0 fully saturated rings. The van der Waals surface area contributed by atoms with E-state index in [0.29, 0.717) is 16.1 Å². The SMILES string of the molecule is CC(=O)Nc1scc(-c2cccs2)c1C(=O)OCC#N. The smallest absolute Gasteiger partial charge is 0.342 e. The number of carbonyl (C=O) groups is 2. The van der Waals surface area contributed by atoms with E-state index in [9.17, 15) is 9.59 Å². The molecule has 2 aromatic rings. The van der Waals surface area contributed by atoms with E-state index in [1.165, 1.54) is 29.6 Å². The van der Waals surface area contributed by atoms with Crippen LogP contribution in [0, 0.1) is 11.3 Å². The lowest BCUT2D eigenvalue weighted by atomic mass is 10.1. The second kappa shape index (κ2) is 6.32. The molecule has 0 spiro atoms. The average molecular weight is 306 g/mol. The van der Waals surface area contributed by atoms with Crippen molar-refractivity contribution < 1.29 is 14.3 Å². The lowest BCUT2D eigenvalue weighted by molar-refractivity contribution is -0.114. The topological polar surface area (TPSA) is 79.2 Å². The fourth-order valence-electron chi connectivity index (χ4n) is 1.60. The quantitative estimate of drug-likeness (QED) is 0.880. The maximum Gasteiger partial charge on any atom is 0.342 e. The van der Waals surface area contributed by atoms with Crippen LogP contribution >= 0.6 is 22.7 Å². The molecule has 0 aromatic carbocycles. The third-order valence-corrected chi connectivity index (χ3v) is 4.14. The number of rotatable bonds is 4. The number of esters is 1. The van der Waals surface area contributed by atoms with Crippen LogP contribution in [0.1, 0.15) is 17.3 Å².